The number of anilines is 1. The lowest BCUT2D eigenvalue weighted by Gasteiger charge is -2.38. The Bertz CT molecular complexity index is 595. The molecule has 0 aliphatic carbocycles. The highest BCUT2D eigenvalue weighted by molar-refractivity contribution is 5.80. The van der Waals surface area contributed by atoms with Crippen LogP contribution in [-0.2, 0) is 4.74 Å². The van der Waals surface area contributed by atoms with Crippen molar-refractivity contribution < 1.29 is 9.13 Å². The summed E-state index contributed by atoms with van der Waals surface area (Å²) in [6.07, 6.45) is 0. The van der Waals surface area contributed by atoms with Gasteiger partial charge in [0.15, 0.2) is 5.96 Å². The summed E-state index contributed by atoms with van der Waals surface area (Å²) in [5, 5.41) is 3.54. The number of hydrogen-bond donors (Lipinski definition) is 1. The molecule has 0 bridgehead atoms. The molecule has 2 aliphatic rings. The van der Waals surface area contributed by atoms with E-state index in [-0.39, 0.29) is 5.82 Å². The Balaban J connectivity index is 1.42. The Kier molecular flexibility index (Phi) is 7.29. The summed E-state index contributed by atoms with van der Waals surface area (Å²) < 4.78 is 18.5. The van der Waals surface area contributed by atoms with Gasteiger partial charge in [-0.15, -0.1) is 0 Å². The zero-order valence-electron chi connectivity index (χ0n) is 16.5. The Hall–Kier alpha value is -1.86. The lowest BCUT2D eigenvalue weighted by molar-refractivity contribution is 0.0320. The van der Waals surface area contributed by atoms with E-state index in [1.54, 1.807) is 0 Å². The number of ether oxygens (including phenoxy) is 1. The molecule has 3 rings (SSSR count). The molecule has 2 saturated heterocycles. The van der Waals surface area contributed by atoms with E-state index in [0.717, 1.165) is 77.2 Å². The second-order valence-electron chi connectivity index (χ2n) is 7.40. The summed E-state index contributed by atoms with van der Waals surface area (Å²) >= 11 is 0. The van der Waals surface area contributed by atoms with Crippen LogP contribution in [0.5, 0.6) is 0 Å². The normalized spacial score (nSPS) is 20.6. The van der Waals surface area contributed by atoms with Crippen molar-refractivity contribution in [2.75, 3.05) is 77.5 Å². The van der Waals surface area contributed by atoms with E-state index in [1.807, 2.05) is 19.2 Å². The van der Waals surface area contributed by atoms with Gasteiger partial charge in [-0.2, -0.15) is 0 Å². The fraction of sp³-hybridized carbons (Fsp3) is 0.650. The van der Waals surface area contributed by atoms with Crippen LogP contribution < -0.4 is 10.2 Å². The van der Waals surface area contributed by atoms with E-state index >= 15 is 0 Å². The van der Waals surface area contributed by atoms with Crippen LogP contribution in [0.2, 0.25) is 0 Å². The van der Waals surface area contributed by atoms with Gasteiger partial charge >= 0.3 is 0 Å². The quantitative estimate of drug-likeness (QED) is 0.622. The molecule has 27 heavy (non-hydrogen) atoms. The minimum absolute atomic E-state index is 0.187. The molecule has 1 atom stereocenters. The number of nitrogens with one attached hydrogen (secondary N) is 1. The van der Waals surface area contributed by atoms with E-state index in [1.165, 1.54) is 12.1 Å². The SMILES string of the molecule is CN=C(NCC(C)CN1CCOCC1)N1CCN(c2ccc(F)cc2)CC1. The van der Waals surface area contributed by atoms with Crippen molar-refractivity contribution in [1.29, 1.82) is 0 Å². The number of halogens is 1. The number of piperazine rings is 1. The third-order valence-corrected chi connectivity index (χ3v) is 5.26. The van der Waals surface area contributed by atoms with Crippen LogP contribution in [0.3, 0.4) is 0 Å². The topological polar surface area (TPSA) is 43.3 Å². The fourth-order valence-electron chi connectivity index (χ4n) is 3.72. The van der Waals surface area contributed by atoms with Crippen LogP contribution in [0.25, 0.3) is 0 Å². The van der Waals surface area contributed by atoms with Crippen molar-refractivity contribution >= 4 is 11.6 Å². The highest BCUT2D eigenvalue weighted by Gasteiger charge is 2.20. The van der Waals surface area contributed by atoms with Crippen LogP contribution in [0.4, 0.5) is 10.1 Å². The molecule has 0 radical (unpaired) electrons. The van der Waals surface area contributed by atoms with E-state index in [2.05, 4.69) is 31.9 Å². The Morgan fingerprint density at radius 1 is 1.11 bits per heavy atom. The largest absolute Gasteiger partial charge is 0.379 e. The summed E-state index contributed by atoms with van der Waals surface area (Å²) in [4.78, 5) is 11.5. The van der Waals surface area contributed by atoms with Crippen molar-refractivity contribution in [3.8, 4) is 0 Å². The molecule has 0 amide bonds. The molecule has 2 fully saturated rings. The zero-order chi connectivity index (χ0) is 19.1. The number of morpholine rings is 1. The van der Waals surface area contributed by atoms with E-state index in [0.29, 0.717) is 5.92 Å². The monoisotopic (exact) mass is 377 g/mol. The van der Waals surface area contributed by atoms with Crippen LogP contribution in [0.1, 0.15) is 6.92 Å². The second-order valence-corrected chi connectivity index (χ2v) is 7.40. The number of nitrogens with zero attached hydrogens (tertiary/aromatic N) is 4. The third kappa shape index (κ3) is 5.81. The van der Waals surface area contributed by atoms with Gasteiger partial charge < -0.3 is 19.9 Å². The molecule has 150 valence electrons. The van der Waals surface area contributed by atoms with Gasteiger partial charge in [-0.3, -0.25) is 9.89 Å². The first-order valence-corrected chi connectivity index (χ1v) is 9.92. The highest BCUT2D eigenvalue weighted by atomic mass is 19.1. The predicted molar refractivity (Wildman–Crippen MR) is 108 cm³/mol. The Morgan fingerprint density at radius 2 is 1.78 bits per heavy atom. The van der Waals surface area contributed by atoms with Crippen molar-refractivity contribution in [3.63, 3.8) is 0 Å². The molecule has 0 aromatic heterocycles. The average Bonchev–Trinajstić information content (AvgIpc) is 2.70. The minimum atomic E-state index is -0.187. The number of hydrogen-bond acceptors (Lipinski definition) is 4. The number of guanidine groups is 1. The van der Waals surface area contributed by atoms with Crippen LogP contribution in [0.15, 0.2) is 29.3 Å². The molecule has 1 aromatic rings. The first kappa shape index (κ1) is 19.9. The lowest BCUT2D eigenvalue weighted by Crippen LogP contribution is -2.53. The number of aliphatic imine (C=N–C) groups is 1. The third-order valence-electron chi connectivity index (χ3n) is 5.26. The van der Waals surface area contributed by atoms with E-state index in [9.17, 15) is 4.39 Å². The first-order valence-electron chi connectivity index (χ1n) is 9.92. The van der Waals surface area contributed by atoms with Crippen molar-refractivity contribution in [2.45, 2.75) is 6.92 Å². The first-order chi connectivity index (χ1) is 13.2. The van der Waals surface area contributed by atoms with Gasteiger partial charge in [-0.25, -0.2) is 4.39 Å². The van der Waals surface area contributed by atoms with Crippen molar-refractivity contribution in [3.05, 3.63) is 30.1 Å². The van der Waals surface area contributed by atoms with Crippen LogP contribution in [-0.4, -0.2) is 88.4 Å². The molecular formula is C20H32FN5O. The zero-order valence-corrected chi connectivity index (χ0v) is 16.5. The standard InChI is InChI=1S/C20H32FN5O/c1-17(16-24-11-13-27-14-12-24)15-23-20(22-2)26-9-7-25(8-10-26)19-5-3-18(21)4-6-19/h3-6,17H,7-16H2,1-2H3,(H,22,23). The Morgan fingerprint density at radius 3 is 2.41 bits per heavy atom. The molecule has 2 heterocycles. The molecule has 7 heteroatoms. The van der Waals surface area contributed by atoms with E-state index < -0.39 is 0 Å². The highest BCUT2D eigenvalue weighted by Crippen LogP contribution is 2.17. The average molecular weight is 378 g/mol. The molecule has 1 N–H and O–H groups in total. The lowest BCUT2D eigenvalue weighted by atomic mass is 10.1. The Labute approximate surface area is 162 Å². The minimum Gasteiger partial charge on any atom is -0.379 e. The summed E-state index contributed by atoms with van der Waals surface area (Å²) in [7, 11) is 1.85. The number of benzene rings is 1. The molecule has 0 saturated carbocycles. The smallest absolute Gasteiger partial charge is 0.193 e. The molecule has 6 nitrogen and oxygen atoms in total. The van der Waals surface area contributed by atoms with Gasteiger partial charge in [0.2, 0.25) is 0 Å². The maximum atomic E-state index is 13.1. The predicted octanol–water partition coefficient (Wildman–Crippen LogP) is 1.49. The van der Waals surface area contributed by atoms with Crippen molar-refractivity contribution in [1.82, 2.24) is 15.1 Å². The molecule has 1 unspecified atom stereocenters. The fourth-order valence-corrected chi connectivity index (χ4v) is 3.72. The molecule has 0 spiro atoms. The van der Waals surface area contributed by atoms with E-state index in [4.69, 9.17) is 4.74 Å². The molecular weight excluding hydrogens is 345 g/mol. The summed E-state index contributed by atoms with van der Waals surface area (Å²) in [5.41, 5.74) is 1.08. The van der Waals surface area contributed by atoms with Gasteiger partial charge in [-0.1, -0.05) is 6.92 Å². The van der Waals surface area contributed by atoms with Crippen LogP contribution in [0, 0.1) is 11.7 Å². The van der Waals surface area contributed by atoms with Gasteiger partial charge in [-0.05, 0) is 30.2 Å². The summed E-state index contributed by atoms with van der Waals surface area (Å²) in [5.74, 6) is 1.34. The number of rotatable bonds is 5. The molecule has 1 aromatic carbocycles. The second kappa shape index (κ2) is 9.90. The van der Waals surface area contributed by atoms with Crippen LogP contribution >= 0.6 is 0 Å². The van der Waals surface area contributed by atoms with Gasteiger partial charge in [0.25, 0.3) is 0 Å². The molecule has 2 aliphatic heterocycles. The van der Waals surface area contributed by atoms with Gasteiger partial charge in [0.1, 0.15) is 5.82 Å². The summed E-state index contributed by atoms with van der Waals surface area (Å²) in [6.45, 7) is 11.7. The maximum Gasteiger partial charge on any atom is 0.193 e. The van der Waals surface area contributed by atoms with Gasteiger partial charge in [0, 0.05) is 65.1 Å². The summed E-state index contributed by atoms with van der Waals surface area (Å²) in [6, 6.07) is 6.76. The van der Waals surface area contributed by atoms with Gasteiger partial charge in [0.05, 0.1) is 13.2 Å². The maximum absolute atomic E-state index is 13.1. The van der Waals surface area contributed by atoms with Crippen molar-refractivity contribution in [2.24, 2.45) is 10.9 Å².